The Morgan fingerprint density at radius 1 is 1.00 bits per heavy atom. The molecule has 2 aromatic carbocycles. The van der Waals surface area contributed by atoms with Crippen molar-refractivity contribution in [3.8, 4) is 0 Å². The van der Waals surface area contributed by atoms with E-state index >= 15 is 0 Å². The van der Waals surface area contributed by atoms with Gasteiger partial charge in [0.15, 0.2) is 0 Å². The smallest absolute Gasteiger partial charge is 0.0702 e. The maximum Gasteiger partial charge on any atom is 0.0702 e. The quantitative estimate of drug-likeness (QED) is 0.619. The molecule has 0 fully saturated rings. The maximum absolute atomic E-state index is 4.48. The van der Waals surface area contributed by atoms with E-state index in [0.29, 0.717) is 0 Å². The first kappa shape index (κ1) is 11.6. The summed E-state index contributed by atoms with van der Waals surface area (Å²) in [6, 6.07) is 18.3. The Hall–Kier alpha value is -2.48. The van der Waals surface area contributed by atoms with E-state index in [0.717, 1.165) is 22.2 Å². The van der Waals surface area contributed by atoms with Crippen molar-refractivity contribution in [2.45, 2.75) is 6.92 Å². The number of aliphatic imine (C=N–C) groups is 1. The van der Waals surface area contributed by atoms with E-state index in [4.69, 9.17) is 0 Å². The minimum absolute atomic E-state index is 0.969. The van der Waals surface area contributed by atoms with Gasteiger partial charge in [-0.05, 0) is 42.8 Å². The molecule has 0 amide bonds. The third-order valence-corrected chi connectivity index (χ3v) is 3.02. The van der Waals surface area contributed by atoms with Gasteiger partial charge in [-0.15, -0.1) is 0 Å². The zero-order valence-electron chi connectivity index (χ0n) is 10.7. The number of nitrogens with zero attached hydrogens (tertiary/aromatic N) is 2. The minimum atomic E-state index is 0.969. The van der Waals surface area contributed by atoms with Crippen LogP contribution in [0, 0.1) is 6.92 Å². The van der Waals surface area contributed by atoms with Gasteiger partial charge < -0.3 is 0 Å². The Kier molecular flexibility index (Phi) is 3.07. The number of hydrogen-bond acceptors (Lipinski definition) is 2. The second kappa shape index (κ2) is 5.02. The number of hydrogen-bond donors (Lipinski definition) is 0. The molecular weight excluding hydrogens is 232 g/mol. The fourth-order valence-corrected chi connectivity index (χ4v) is 1.95. The van der Waals surface area contributed by atoms with Crippen molar-refractivity contribution < 1.29 is 0 Å². The molecule has 0 saturated heterocycles. The summed E-state index contributed by atoms with van der Waals surface area (Å²) in [5, 5.41) is 1.13. The van der Waals surface area contributed by atoms with Gasteiger partial charge in [0.2, 0.25) is 0 Å². The van der Waals surface area contributed by atoms with Crippen LogP contribution in [-0.4, -0.2) is 11.2 Å². The average molecular weight is 246 g/mol. The molecule has 0 aliphatic carbocycles. The first-order valence-electron chi connectivity index (χ1n) is 6.27. The fourth-order valence-electron chi connectivity index (χ4n) is 1.95. The molecule has 0 aliphatic rings. The van der Waals surface area contributed by atoms with E-state index in [1.54, 1.807) is 0 Å². The highest BCUT2D eigenvalue weighted by atomic mass is 14.7. The van der Waals surface area contributed by atoms with Crippen LogP contribution in [0.2, 0.25) is 0 Å². The molecule has 0 radical (unpaired) electrons. The van der Waals surface area contributed by atoms with E-state index in [9.17, 15) is 0 Å². The van der Waals surface area contributed by atoms with Crippen LogP contribution >= 0.6 is 0 Å². The lowest BCUT2D eigenvalue weighted by atomic mass is 10.1. The molecule has 2 nitrogen and oxygen atoms in total. The van der Waals surface area contributed by atoms with Gasteiger partial charge in [-0.3, -0.25) is 9.98 Å². The maximum atomic E-state index is 4.48. The number of benzene rings is 2. The van der Waals surface area contributed by atoms with Crippen LogP contribution in [0.3, 0.4) is 0 Å². The molecule has 2 heteroatoms. The van der Waals surface area contributed by atoms with Crippen molar-refractivity contribution in [1.29, 1.82) is 0 Å². The summed E-state index contributed by atoms with van der Waals surface area (Å²) in [6.45, 7) is 2.07. The molecule has 0 aliphatic heterocycles. The average Bonchev–Trinajstić information content (AvgIpc) is 2.46. The predicted octanol–water partition coefficient (Wildman–Crippen LogP) is 4.29. The largest absolute Gasteiger partial charge is 0.256 e. The molecular formula is C17H14N2. The van der Waals surface area contributed by atoms with E-state index in [1.165, 1.54) is 5.56 Å². The van der Waals surface area contributed by atoms with Gasteiger partial charge in [-0.1, -0.05) is 29.8 Å². The minimum Gasteiger partial charge on any atom is -0.256 e. The molecule has 92 valence electrons. The van der Waals surface area contributed by atoms with Gasteiger partial charge in [-0.25, -0.2) is 0 Å². The molecule has 0 atom stereocenters. The molecule has 3 aromatic rings. The summed E-state index contributed by atoms with van der Waals surface area (Å²) in [5.41, 5.74) is 4.31. The number of aromatic nitrogens is 1. The van der Waals surface area contributed by atoms with Crippen LogP contribution in [0.4, 0.5) is 5.69 Å². The highest BCUT2D eigenvalue weighted by Gasteiger charge is 1.94. The van der Waals surface area contributed by atoms with Gasteiger partial charge in [0, 0.05) is 17.8 Å². The molecule has 0 bridgehead atoms. The van der Waals surface area contributed by atoms with Crippen molar-refractivity contribution in [2.24, 2.45) is 4.99 Å². The zero-order chi connectivity index (χ0) is 13.1. The summed E-state index contributed by atoms with van der Waals surface area (Å²) in [6.07, 6.45) is 3.69. The zero-order valence-corrected chi connectivity index (χ0v) is 10.7. The van der Waals surface area contributed by atoms with Crippen LogP contribution in [0.25, 0.3) is 10.9 Å². The van der Waals surface area contributed by atoms with E-state index in [1.807, 2.05) is 42.7 Å². The van der Waals surface area contributed by atoms with Gasteiger partial charge in [0.25, 0.3) is 0 Å². The summed E-state index contributed by atoms with van der Waals surface area (Å²) >= 11 is 0. The van der Waals surface area contributed by atoms with E-state index < -0.39 is 0 Å². The Bertz CT molecular complexity index is 728. The van der Waals surface area contributed by atoms with Crippen molar-refractivity contribution in [2.75, 3.05) is 0 Å². The summed E-state index contributed by atoms with van der Waals surface area (Å²) < 4.78 is 0. The molecule has 0 unspecified atom stereocenters. The van der Waals surface area contributed by atoms with Crippen molar-refractivity contribution >= 4 is 22.8 Å². The lowest BCUT2D eigenvalue weighted by molar-refractivity contribution is 1.41. The number of rotatable bonds is 2. The Balaban J connectivity index is 1.90. The lowest BCUT2D eigenvalue weighted by Gasteiger charge is -1.98. The molecule has 0 spiro atoms. The van der Waals surface area contributed by atoms with Gasteiger partial charge in [0.1, 0.15) is 0 Å². The van der Waals surface area contributed by atoms with Crippen LogP contribution in [0.15, 0.2) is 65.8 Å². The van der Waals surface area contributed by atoms with Crippen LogP contribution in [0.5, 0.6) is 0 Å². The van der Waals surface area contributed by atoms with Crippen LogP contribution < -0.4 is 0 Å². The molecule has 0 N–H and O–H groups in total. The Morgan fingerprint density at radius 2 is 1.84 bits per heavy atom. The van der Waals surface area contributed by atoms with Crippen LogP contribution in [-0.2, 0) is 0 Å². The molecule has 1 heterocycles. The predicted molar refractivity (Wildman–Crippen MR) is 80.2 cm³/mol. The highest BCUT2D eigenvalue weighted by molar-refractivity contribution is 5.89. The fraction of sp³-hybridized carbons (Fsp3) is 0.0588. The Morgan fingerprint density at radius 3 is 2.68 bits per heavy atom. The standard InChI is InChI=1S/C17H14N2/c1-13-4-7-16(8-5-13)19-12-14-6-9-17-15(11-14)3-2-10-18-17/h2-12H,1H3. The summed E-state index contributed by atoms with van der Waals surface area (Å²) in [7, 11) is 0. The molecule has 0 saturated carbocycles. The number of pyridine rings is 1. The third-order valence-electron chi connectivity index (χ3n) is 3.02. The van der Waals surface area contributed by atoms with Crippen molar-refractivity contribution in [3.63, 3.8) is 0 Å². The monoisotopic (exact) mass is 246 g/mol. The lowest BCUT2D eigenvalue weighted by Crippen LogP contribution is -1.83. The first-order chi connectivity index (χ1) is 9.31. The number of aryl methyl sites for hydroxylation is 1. The topological polar surface area (TPSA) is 25.2 Å². The van der Waals surface area contributed by atoms with E-state index in [-0.39, 0.29) is 0 Å². The van der Waals surface area contributed by atoms with Gasteiger partial charge in [-0.2, -0.15) is 0 Å². The normalized spacial score (nSPS) is 11.2. The van der Waals surface area contributed by atoms with Crippen molar-refractivity contribution in [1.82, 2.24) is 4.98 Å². The second-order valence-corrected chi connectivity index (χ2v) is 4.55. The Labute approximate surface area is 112 Å². The molecule has 19 heavy (non-hydrogen) atoms. The first-order valence-corrected chi connectivity index (χ1v) is 6.27. The second-order valence-electron chi connectivity index (χ2n) is 4.55. The van der Waals surface area contributed by atoms with Gasteiger partial charge in [0.05, 0.1) is 11.2 Å². The van der Waals surface area contributed by atoms with Gasteiger partial charge >= 0.3 is 0 Å². The SMILES string of the molecule is Cc1ccc(N=Cc2ccc3ncccc3c2)cc1. The summed E-state index contributed by atoms with van der Waals surface area (Å²) in [5.74, 6) is 0. The summed E-state index contributed by atoms with van der Waals surface area (Å²) in [4.78, 5) is 8.78. The third kappa shape index (κ3) is 2.68. The highest BCUT2D eigenvalue weighted by Crippen LogP contribution is 2.15. The van der Waals surface area contributed by atoms with Crippen LogP contribution in [0.1, 0.15) is 11.1 Å². The number of fused-ring (bicyclic) bond motifs is 1. The molecule has 3 rings (SSSR count). The molecule has 1 aromatic heterocycles. The van der Waals surface area contributed by atoms with E-state index in [2.05, 4.69) is 41.2 Å². The van der Waals surface area contributed by atoms with Crippen molar-refractivity contribution in [3.05, 3.63) is 71.9 Å².